The zero-order chi connectivity index (χ0) is 17.7. The van der Waals surface area contributed by atoms with E-state index in [1.807, 2.05) is 0 Å². The molecule has 0 saturated carbocycles. The molecule has 1 amide bonds. The molecular formula is C17H20N2O4S. The summed E-state index contributed by atoms with van der Waals surface area (Å²) in [5.74, 6) is 0.155. The summed E-state index contributed by atoms with van der Waals surface area (Å²) in [7, 11) is -0.633. The SMILES string of the molecule is COc1cccc(NC(=O)[C@@H](c2ccccc2)N(C)S(C)(=O)=O)c1. The summed E-state index contributed by atoms with van der Waals surface area (Å²) in [5.41, 5.74) is 1.12. The van der Waals surface area contributed by atoms with E-state index in [4.69, 9.17) is 4.74 Å². The Kier molecular flexibility index (Phi) is 5.58. The number of carbonyl (C=O) groups is 1. The van der Waals surface area contributed by atoms with Crippen molar-refractivity contribution in [3.05, 3.63) is 60.2 Å². The van der Waals surface area contributed by atoms with Crippen LogP contribution >= 0.6 is 0 Å². The highest BCUT2D eigenvalue weighted by Gasteiger charge is 2.30. The molecule has 0 bridgehead atoms. The van der Waals surface area contributed by atoms with Crippen LogP contribution in [0, 0.1) is 0 Å². The summed E-state index contributed by atoms with van der Waals surface area (Å²) >= 11 is 0. The molecule has 1 atom stereocenters. The van der Waals surface area contributed by atoms with E-state index in [2.05, 4.69) is 5.32 Å². The highest BCUT2D eigenvalue weighted by atomic mass is 32.2. The molecule has 0 aliphatic heterocycles. The molecule has 7 heteroatoms. The van der Waals surface area contributed by atoms with Gasteiger partial charge < -0.3 is 10.1 Å². The molecule has 0 unspecified atom stereocenters. The first-order chi connectivity index (χ1) is 11.3. The van der Waals surface area contributed by atoms with Crippen molar-refractivity contribution in [1.29, 1.82) is 0 Å². The zero-order valence-electron chi connectivity index (χ0n) is 13.8. The van der Waals surface area contributed by atoms with Crippen LogP contribution in [0.1, 0.15) is 11.6 Å². The van der Waals surface area contributed by atoms with Gasteiger partial charge in [0, 0.05) is 18.8 Å². The highest BCUT2D eigenvalue weighted by Crippen LogP contribution is 2.24. The van der Waals surface area contributed by atoms with Gasteiger partial charge in [-0.2, -0.15) is 4.31 Å². The fourth-order valence-corrected chi connectivity index (χ4v) is 2.87. The molecule has 2 rings (SSSR count). The second-order valence-electron chi connectivity index (χ2n) is 5.31. The fraction of sp³-hybridized carbons (Fsp3) is 0.235. The topological polar surface area (TPSA) is 75.7 Å². The number of ether oxygens (including phenoxy) is 1. The second-order valence-corrected chi connectivity index (χ2v) is 7.36. The summed E-state index contributed by atoms with van der Waals surface area (Å²) < 4.78 is 30.0. The molecule has 24 heavy (non-hydrogen) atoms. The molecule has 0 aliphatic carbocycles. The van der Waals surface area contributed by atoms with E-state index in [1.54, 1.807) is 54.6 Å². The van der Waals surface area contributed by atoms with Crippen molar-refractivity contribution < 1.29 is 17.9 Å². The lowest BCUT2D eigenvalue weighted by molar-refractivity contribution is -0.119. The number of hydrogen-bond donors (Lipinski definition) is 1. The van der Waals surface area contributed by atoms with Gasteiger partial charge in [0.2, 0.25) is 15.9 Å². The molecular weight excluding hydrogens is 328 g/mol. The van der Waals surface area contributed by atoms with Gasteiger partial charge in [-0.1, -0.05) is 36.4 Å². The van der Waals surface area contributed by atoms with E-state index in [0.29, 0.717) is 17.0 Å². The average molecular weight is 348 g/mol. The minimum atomic E-state index is -3.55. The number of anilines is 1. The Labute approximate surface area is 142 Å². The third-order valence-corrected chi connectivity index (χ3v) is 4.84. The van der Waals surface area contributed by atoms with E-state index in [-0.39, 0.29) is 0 Å². The van der Waals surface area contributed by atoms with Gasteiger partial charge in [-0.3, -0.25) is 4.79 Å². The number of nitrogens with one attached hydrogen (secondary N) is 1. The lowest BCUT2D eigenvalue weighted by atomic mass is 10.1. The maximum absolute atomic E-state index is 12.7. The number of likely N-dealkylation sites (N-methyl/N-ethyl adjacent to an activating group) is 1. The van der Waals surface area contributed by atoms with Gasteiger partial charge in [-0.15, -0.1) is 0 Å². The Morgan fingerprint density at radius 3 is 2.38 bits per heavy atom. The maximum Gasteiger partial charge on any atom is 0.247 e. The summed E-state index contributed by atoms with van der Waals surface area (Å²) in [4.78, 5) is 12.7. The minimum absolute atomic E-state index is 0.442. The number of rotatable bonds is 6. The Morgan fingerprint density at radius 1 is 1.12 bits per heavy atom. The molecule has 0 fully saturated rings. The smallest absolute Gasteiger partial charge is 0.247 e. The summed E-state index contributed by atoms with van der Waals surface area (Å²) in [5, 5.41) is 2.74. The fourth-order valence-electron chi connectivity index (χ4n) is 2.26. The molecule has 128 valence electrons. The third-order valence-electron chi connectivity index (χ3n) is 3.59. The van der Waals surface area contributed by atoms with Gasteiger partial charge in [0.05, 0.1) is 13.4 Å². The van der Waals surface area contributed by atoms with Crippen molar-refractivity contribution in [1.82, 2.24) is 4.31 Å². The lowest BCUT2D eigenvalue weighted by Crippen LogP contribution is -2.38. The van der Waals surface area contributed by atoms with Gasteiger partial charge in [0.15, 0.2) is 0 Å². The molecule has 0 aromatic heterocycles. The van der Waals surface area contributed by atoms with Crippen LogP contribution in [0.15, 0.2) is 54.6 Å². The number of carbonyl (C=O) groups excluding carboxylic acids is 1. The van der Waals surface area contributed by atoms with Gasteiger partial charge in [0.1, 0.15) is 11.8 Å². The third kappa shape index (κ3) is 4.33. The molecule has 0 saturated heterocycles. The van der Waals surface area contributed by atoms with Crippen molar-refractivity contribution >= 4 is 21.6 Å². The van der Waals surface area contributed by atoms with Gasteiger partial charge in [-0.05, 0) is 17.7 Å². The number of amides is 1. The quantitative estimate of drug-likeness (QED) is 0.869. The van der Waals surface area contributed by atoms with Crippen LogP contribution in [0.3, 0.4) is 0 Å². The number of nitrogens with zero attached hydrogens (tertiary/aromatic N) is 1. The van der Waals surface area contributed by atoms with Crippen LogP contribution < -0.4 is 10.1 Å². The second kappa shape index (κ2) is 7.46. The number of benzene rings is 2. The van der Waals surface area contributed by atoms with Crippen LogP contribution in [0.2, 0.25) is 0 Å². The Bertz CT molecular complexity index is 806. The van der Waals surface area contributed by atoms with Crippen molar-refractivity contribution in [2.75, 3.05) is 25.7 Å². The van der Waals surface area contributed by atoms with Crippen molar-refractivity contribution in [3.8, 4) is 5.75 Å². The summed E-state index contributed by atoms with van der Waals surface area (Å²) in [6.07, 6.45) is 1.07. The highest BCUT2D eigenvalue weighted by molar-refractivity contribution is 7.88. The summed E-state index contributed by atoms with van der Waals surface area (Å²) in [6.45, 7) is 0. The van der Waals surface area contributed by atoms with E-state index in [9.17, 15) is 13.2 Å². The number of hydrogen-bond acceptors (Lipinski definition) is 4. The Balaban J connectivity index is 2.34. The normalized spacial score (nSPS) is 12.7. The van der Waals surface area contributed by atoms with Crippen LogP contribution in [-0.2, 0) is 14.8 Å². The Morgan fingerprint density at radius 2 is 1.79 bits per heavy atom. The van der Waals surface area contributed by atoms with Crippen molar-refractivity contribution in [3.63, 3.8) is 0 Å². The average Bonchev–Trinajstić information content (AvgIpc) is 2.55. The van der Waals surface area contributed by atoms with E-state index >= 15 is 0 Å². The number of sulfonamides is 1. The van der Waals surface area contributed by atoms with Crippen molar-refractivity contribution in [2.45, 2.75) is 6.04 Å². The van der Waals surface area contributed by atoms with Crippen LogP contribution in [0.25, 0.3) is 0 Å². The van der Waals surface area contributed by atoms with Crippen molar-refractivity contribution in [2.24, 2.45) is 0 Å². The molecule has 0 spiro atoms. The van der Waals surface area contributed by atoms with Gasteiger partial charge in [0.25, 0.3) is 0 Å². The molecule has 6 nitrogen and oxygen atoms in total. The standard InChI is InChI=1S/C17H20N2O4S/c1-19(24(3,21)22)16(13-8-5-4-6-9-13)17(20)18-14-10-7-11-15(12-14)23-2/h4-12,16H,1-3H3,(H,18,20)/t16-/m1/s1. The maximum atomic E-state index is 12.7. The largest absolute Gasteiger partial charge is 0.497 e. The monoisotopic (exact) mass is 348 g/mol. The number of methoxy groups -OCH3 is 1. The molecule has 1 N–H and O–H groups in total. The predicted octanol–water partition coefficient (Wildman–Crippen LogP) is 2.27. The van der Waals surface area contributed by atoms with Crippen LogP contribution in [-0.4, -0.2) is 39.0 Å². The zero-order valence-corrected chi connectivity index (χ0v) is 14.6. The van der Waals surface area contributed by atoms with E-state index in [0.717, 1.165) is 10.6 Å². The molecule has 0 aliphatic rings. The first-order valence-electron chi connectivity index (χ1n) is 7.26. The van der Waals surface area contributed by atoms with E-state index in [1.165, 1.54) is 14.2 Å². The summed E-state index contributed by atoms with van der Waals surface area (Å²) in [6, 6.07) is 14.7. The lowest BCUT2D eigenvalue weighted by Gasteiger charge is -2.25. The predicted molar refractivity (Wildman–Crippen MR) is 93.4 cm³/mol. The van der Waals surface area contributed by atoms with Gasteiger partial charge in [-0.25, -0.2) is 8.42 Å². The first kappa shape index (κ1) is 18.0. The minimum Gasteiger partial charge on any atom is -0.497 e. The Hall–Kier alpha value is -2.38. The van der Waals surface area contributed by atoms with E-state index < -0.39 is 22.0 Å². The first-order valence-corrected chi connectivity index (χ1v) is 9.10. The molecule has 2 aromatic carbocycles. The van der Waals surface area contributed by atoms with Crippen LogP contribution in [0.4, 0.5) is 5.69 Å². The molecule has 0 heterocycles. The molecule has 2 aromatic rings. The van der Waals surface area contributed by atoms with Crippen LogP contribution in [0.5, 0.6) is 5.75 Å². The van der Waals surface area contributed by atoms with Gasteiger partial charge >= 0.3 is 0 Å². The molecule has 0 radical (unpaired) electrons.